The van der Waals surface area contributed by atoms with Gasteiger partial charge in [0.1, 0.15) is 6.04 Å². The average molecular weight is 405 g/mol. The molecule has 1 aromatic carbocycles. The smallest absolute Gasteiger partial charge is 0.255 e. The Morgan fingerprint density at radius 1 is 1.10 bits per heavy atom. The monoisotopic (exact) mass is 405 g/mol. The normalized spacial score (nSPS) is 21.4. The third kappa shape index (κ3) is 3.33. The van der Waals surface area contributed by atoms with Gasteiger partial charge in [-0.15, -0.1) is 0 Å². The number of benzene rings is 1. The van der Waals surface area contributed by atoms with E-state index in [-0.39, 0.29) is 24.1 Å². The molecule has 3 aliphatic rings. The molecule has 5 rings (SSSR count). The topological polar surface area (TPSA) is 109 Å². The lowest BCUT2D eigenvalue weighted by atomic mass is 10.0. The Morgan fingerprint density at radius 2 is 1.97 bits per heavy atom. The fourth-order valence-electron chi connectivity index (χ4n) is 4.58. The molecule has 0 saturated carbocycles. The van der Waals surface area contributed by atoms with Crippen molar-refractivity contribution in [1.29, 1.82) is 0 Å². The van der Waals surface area contributed by atoms with Crippen molar-refractivity contribution in [2.45, 2.75) is 44.9 Å². The van der Waals surface area contributed by atoms with Crippen LogP contribution in [0.15, 0.2) is 30.5 Å². The summed E-state index contributed by atoms with van der Waals surface area (Å²) in [6.45, 7) is 2.79. The number of nitrogens with zero attached hydrogens (tertiary/aromatic N) is 3. The summed E-state index contributed by atoms with van der Waals surface area (Å²) in [7, 11) is 0. The van der Waals surface area contributed by atoms with E-state index < -0.39 is 6.04 Å². The molecule has 1 aromatic heterocycles. The van der Waals surface area contributed by atoms with Crippen molar-refractivity contribution >= 4 is 23.4 Å². The maximum Gasteiger partial charge on any atom is 0.255 e. The Morgan fingerprint density at radius 3 is 2.80 bits per heavy atom. The summed E-state index contributed by atoms with van der Waals surface area (Å²) in [5, 5.41) is 2.34. The number of piperidine rings is 1. The largest absolute Gasteiger partial charge is 0.397 e. The molecule has 1 fully saturated rings. The number of carbonyl (C=O) groups excluding carboxylic acids is 3. The van der Waals surface area contributed by atoms with E-state index in [1.165, 1.54) is 5.56 Å². The molecule has 3 amide bonds. The average Bonchev–Trinajstić information content (AvgIpc) is 3.04. The van der Waals surface area contributed by atoms with Crippen molar-refractivity contribution < 1.29 is 14.4 Å². The first-order valence-electron chi connectivity index (χ1n) is 10.2. The van der Waals surface area contributed by atoms with Gasteiger partial charge in [-0.25, -0.2) is 0 Å². The number of amides is 3. The first kappa shape index (κ1) is 18.7. The second-order valence-corrected chi connectivity index (χ2v) is 8.23. The van der Waals surface area contributed by atoms with Crippen LogP contribution in [0.25, 0.3) is 0 Å². The SMILES string of the molecule is Nc1cnc2c(c1)CCN(Cc1ccc3c(c1)C(=O)N(C1CCC(=O)NC1=O)C3)C2. The molecule has 30 heavy (non-hydrogen) atoms. The van der Waals surface area contributed by atoms with E-state index in [1.807, 2.05) is 24.3 Å². The number of nitrogen functional groups attached to an aromatic ring is 1. The molecule has 0 bridgehead atoms. The molecule has 0 radical (unpaired) electrons. The number of nitrogens with two attached hydrogens (primary N) is 1. The number of hydrogen-bond acceptors (Lipinski definition) is 6. The third-order valence-corrected chi connectivity index (χ3v) is 6.15. The van der Waals surface area contributed by atoms with Crippen molar-refractivity contribution in [3.05, 3.63) is 58.4 Å². The summed E-state index contributed by atoms with van der Waals surface area (Å²) in [4.78, 5) is 45.0. The van der Waals surface area contributed by atoms with Gasteiger partial charge in [0.2, 0.25) is 11.8 Å². The molecule has 4 heterocycles. The number of rotatable bonds is 3. The van der Waals surface area contributed by atoms with E-state index >= 15 is 0 Å². The van der Waals surface area contributed by atoms with E-state index in [1.54, 1.807) is 11.1 Å². The van der Waals surface area contributed by atoms with Gasteiger partial charge >= 0.3 is 0 Å². The lowest BCUT2D eigenvalue weighted by Gasteiger charge is -2.29. The summed E-state index contributed by atoms with van der Waals surface area (Å²) in [6, 6.07) is 7.38. The van der Waals surface area contributed by atoms with E-state index in [9.17, 15) is 14.4 Å². The standard InChI is InChI=1S/C22H23N5O3/c23-16-8-14-5-6-26(12-18(14)24-9-16)10-13-1-2-15-11-27(22(30)17(15)7-13)19-3-4-20(28)25-21(19)29/h1-2,7-9,19H,3-6,10-12,23H2,(H,25,28,29). The molecule has 0 spiro atoms. The molecule has 8 heteroatoms. The van der Waals surface area contributed by atoms with Gasteiger partial charge in [-0.3, -0.25) is 29.6 Å². The molecule has 1 atom stereocenters. The second kappa shape index (κ2) is 7.21. The van der Waals surface area contributed by atoms with E-state index in [0.29, 0.717) is 24.2 Å². The predicted molar refractivity (Wildman–Crippen MR) is 109 cm³/mol. The highest BCUT2D eigenvalue weighted by atomic mass is 16.2. The van der Waals surface area contributed by atoms with Gasteiger partial charge in [-0.2, -0.15) is 0 Å². The quantitative estimate of drug-likeness (QED) is 0.737. The molecule has 154 valence electrons. The number of pyridine rings is 1. The summed E-state index contributed by atoms with van der Waals surface area (Å²) in [5.74, 6) is -0.793. The lowest BCUT2D eigenvalue weighted by molar-refractivity contribution is -0.136. The summed E-state index contributed by atoms with van der Waals surface area (Å²) in [5.41, 5.74) is 11.4. The highest BCUT2D eigenvalue weighted by Gasteiger charge is 2.39. The van der Waals surface area contributed by atoms with Crippen LogP contribution in [0, 0.1) is 0 Å². The number of nitrogens with one attached hydrogen (secondary N) is 1. The number of anilines is 1. The number of aromatic nitrogens is 1. The highest BCUT2D eigenvalue weighted by molar-refractivity contribution is 6.05. The first-order chi connectivity index (χ1) is 14.5. The number of fused-ring (bicyclic) bond motifs is 2. The zero-order chi connectivity index (χ0) is 20.8. The Bertz CT molecular complexity index is 1070. The molecular formula is C22H23N5O3. The lowest BCUT2D eigenvalue weighted by Crippen LogP contribution is -2.52. The van der Waals surface area contributed by atoms with Gasteiger partial charge in [0, 0.05) is 38.2 Å². The van der Waals surface area contributed by atoms with Crippen LogP contribution in [-0.4, -0.2) is 45.1 Å². The van der Waals surface area contributed by atoms with Gasteiger partial charge < -0.3 is 10.6 Å². The Balaban J connectivity index is 1.30. The third-order valence-electron chi connectivity index (χ3n) is 6.15. The maximum absolute atomic E-state index is 13.0. The zero-order valence-corrected chi connectivity index (χ0v) is 16.6. The van der Waals surface area contributed by atoms with Crippen molar-refractivity contribution in [1.82, 2.24) is 20.1 Å². The Hall–Kier alpha value is -3.26. The molecule has 8 nitrogen and oxygen atoms in total. The van der Waals surface area contributed by atoms with Crippen molar-refractivity contribution in [3.8, 4) is 0 Å². The minimum atomic E-state index is -0.580. The van der Waals surface area contributed by atoms with Gasteiger partial charge in [0.25, 0.3) is 5.91 Å². The van der Waals surface area contributed by atoms with Crippen LogP contribution in [-0.2, 0) is 35.6 Å². The van der Waals surface area contributed by atoms with Crippen molar-refractivity contribution in [3.63, 3.8) is 0 Å². The predicted octanol–water partition coefficient (Wildman–Crippen LogP) is 0.983. The fraction of sp³-hybridized carbons (Fsp3) is 0.364. The van der Waals surface area contributed by atoms with Crippen molar-refractivity contribution in [2.24, 2.45) is 0 Å². The molecule has 3 aliphatic heterocycles. The number of carbonyl (C=O) groups is 3. The fourth-order valence-corrected chi connectivity index (χ4v) is 4.58. The minimum absolute atomic E-state index is 0.137. The van der Waals surface area contributed by atoms with Gasteiger partial charge in [0.15, 0.2) is 0 Å². The van der Waals surface area contributed by atoms with E-state index in [4.69, 9.17) is 5.73 Å². The van der Waals surface area contributed by atoms with Crippen LogP contribution in [0.4, 0.5) is 5.69 Å². The van der Waals surface area contributed by atoms with Crippen molar-refractivity contribution in [2.75, 3.05) is 12.3 Å². The summed E-state index contributed by atoms with van der Waals surface area (Å²) < 4.78 is 0. The van der Waals surface area contributed by atoms with Gasteiger partial charge in [-0.05, 0) is 41.7 Å². The molecule has 1 saturated heterocycles. The van der Waals surface area contributed by atoms with Gasteiger partial charge in [0.05, 0.1) is 17.6 Å². The van der Waals surface area contributed by atoms with Gasteiger partial charge in [-0.1, -0.05) is 12.1 Å². The molecular weight excluding hydrogens is 382 g/mol. The minimum Gasteiger partial charge on any atom is -0.397 e. The molecule has 3 N–H and O–H groups in total. The Labute approximate surface area is 174 Å². The Kier molecular flexibility index (Phi) is 4.51. The van der Waals surface area contributed by atoms with Crippen LogP contribution in [0.5, 0.6) is 0 Å². The zero-order valence-electron chi connectivity index (χ0n) is 16.6. The van der Waals surface area contributed by atoms with Crippen LogP contribution in [0.1, 0.15) is 45.6 Å². The maximum atomic E-state index is 13.0. The van der Waals surface area contributed by atoms with E-state index in [2.05, 4.69) is 15.2 Å². The second-order valence-electron chi connectivity index (χ2n) is 8.23. The van der Waals surface area contributed by atoms with Crippen LogP contribution in [0.3, 0.4) is 0 Å². The molecule has 0 aliphatic carbocycles. The molecule has 1 unspecified atom stereocenters. The van der Waals surface area contributed by atoms with Crippen LogP contribution in [0.2, 0.25) is 0 Å². The number of hydrogen-bond donors (Lipinski definition) is 2. The van der Waals surface area contributed by atoms with Crippen LogP contribution < -0.4 is 11.1 Å². The summed E-state index contributed by atoms with van der Waals surface area (Å²) >= 11 is 0. The molecule has 2 aromatic rings. The first-order valence-corrected chi connectivity index (χ1v) is 10.2. The van der Waals surface area contributed by atoms with E-state index in [0.717, 1.165) is 42.9 Å². The highest BCUT2D eigenvalue weighted by Crippen LogP contribution is 2.29. The number of imide groups is 1. The summed E-state index contributed by atoms with van der Waals surface area (Å²) in [6.07, 6.45) is 3.24. The van der Waals surface area contributed by atoms with Crippen LogP contribution >= 0.6 is 0 Å².